The zero-order valence-electron chi connectivity index (χ0n) is 9.52. The second kappa shape index (κ2) is 5.80. The lowest BCUT2D eigenvalue weighted by molar-refractivity contribution is 0.311. The predicted molar refractivity (Wildman–Crippen MR) is 68.6 cm³/mol. The molecule has 1 aromatic rings. The first-order valence-corrected chi connectivity index (χ1v) is 6.98. The molecule has 1 aromatic heterocycles. The summed E-state index contributed by atoms with van der Waals surface area (Å²) >= 11 is 7.45. The van der Waals surface area contributed by atoms with Gasteiger partial charge >= 0.3 is 0 Å². The van der Waals surface area contributed by atoms with Crippen molar-refractivity contribution in [3.05, 3.63) is 5.01 Å². The molecule has 0 aromatic carbocycles. The number of nitrogens with zero attached hydrogens (tertiary/aromatic N) is 4. The van der Waals surface area contributed by atoms with Crippen LogP contribution >= 0.6 is 22.9 Å². The van der Waals surface area contributed by atoms with Gasteiger partial charge in [-0.15, -0.1) is 21.8 Å². The molecule has 0 bridgehead atoms. The third-order valence-corrected chi connectivity index (χ3v) is 3.84. The molecule has 6 heteroatoms. The first kappa shape index (κ1) is 12.1. The van der Waals surface area contributed by atoms with E-state index < -0.39 is 0 Å². The van der Waals surface area contributed by atoms with Crippen LogP contribution in [-0.2, 0) is 0 Å². The molecule has 1 aliphatic heterocycles. The summed E-state index contributed by atoms with van der Waals surface area (Å²) in [5, 5.41) is 10.4. The van der Waals surface area contributed by atoms with Crippen LogP contribution in [0, 0.1) is 6.92 Å². The molecule has 0 saturated carbocycles. The van der Waals surface area contributed by atoms with Crippen LogP contribution in [0.15, 0.2) is 0 Å². The molecule has 1 aliphatic rings. The first-order chi connectivity index (χ1) is 7.79. The van der Waals surface area contributed by atoms with Crippen molar-refractivity contribution in [3.63, 3.8) is 0 Å². The summed E-state index contributed by atoms with van der Waals surface area (Å²) < 4.78 is 0. The summed E-state index contributed by atoms with van der Waals surface area (Å²) in [6.45, 7) is 7.31. The number of aromatic nitrogens is 2. The van der Waals surface area contributed by atoms with Gasteiger partial charge in [-0.2, -0.15) is 0 Å². The van der Waals surface area contributed by atoms with Crippen molar-refractivity contribution in [3.8, 4) is 0 Å². The maximum Gasteiger partial charge on any atom is 0.208 e. The molecule has 16 heavy (non-hydrogen) atoms. The Morgan fingerprint density at radius 3 is 2.81 bits per heavy atom. The van der Waals surface area contributed by atoms with Crippen LogP contribution in [0.3, 0.4) is 0 Å². The number of alkyl halides is 1. The van der Waals surface area contributed by atoms with Gasteiger partial charge in [0.05, 0.1) is 0 Å². The Morgan fingerprint density at radius 2 is 2.12 bits per heavy atom. The second-order valence-electron chi connectivity index (χ2n) is 3.97. The fourth-order valence-corrected chi connectivity index (χ4v) is 2.90. The van der Waals surface area contributed by atoms with Gasteiger partial charge in [0.25, 0.3) is 0 Å². The fourth-order valence-electron chi connectivity index (χ4n) is 1.92. The van der Waals surface area contributed by atoms with Crippen molar-refractivity contribution < 1.29 is 0 Å². The van der Waals surface area contributed by atoms with E-state index in [1.807, 2.05) is 6.92 Å². The summed E-state index contributed by atoms with van der Waals surface area (Å²) in [6, 6.07) is 0. The Labute approximate surface area is 105 Å². The molecule has 0 unspecified atom stereocenters. The zero-order chi connectivity index (χ0) is 11.4. The topological polar surface area (TPSA) is 32.3 Å². The largest absolute Gasteiger partial charge is 0.345 e. The molecule has 0 atom stereocenters. The van der Waals surface area contributed by atoms with E-state index in [-0.39, 0.29) is 0 Å². The normalized spacial score (nSPS) is 18.8. The molecule has 2 rings (SSSR count). The third kappa shape index (κ3) is 3.06. The average molecular weight is 261 g/mol. The third-order valence-electron chi connectivity index (χ3n) is 2.78. The Kier molecular flexibility index (Phi) is 4.37. The summed E-state index contributed by atoms with van der Waals surface area (Å²) in [6.07, 6.45) is 1.18. The van der Waals surface area contributed by atoms with E-state index in [1.54, 1.807) is 11.3 Å². The minimum absolute atomic E-state index is 0.720. The Bertz CT molecular complexity index is 330. The van der Waals surface area contributed by atoms with E-state index in [1.165, 1.54) is 6.42 Å². The van der Waals surface area contributed by atoms with Gasteiger partial charge in [0.1, 0.15) is 5.01 Å². The van der Waals surface area contributed by atoms with Gasteiger partial charge in [0.2, 0.25) is 5.13 Å². The van der Waals surface area contributed by atoms with Crippen molar-refractivity contribution in [1.82, 2.24) is 15.1 Å². The maximum absolute atomic E-state index is 5.77. The van der Waals surface area contributed by atoms with Crippen LogP contribution in [0.5, 0.6) is 0 Å². The van der Waals surface area contributed by atoms with E-state index in [9.17, 15) is 0 Å². The van der Waals surface area contributed by atoms with E-state index >= 15 is 0 Å². The molecule has 4 nitrogen and oxygen atoms in total. The highest BCUT2D eigenvalue weighted by Gasteiger charge is 2.17. The van der Waals surface area contributed by atoms with Gasteiger partial charge in [0, 0.05) is 32.1 Å². The molecule has 90 valence electrons. The Balaban J connectivity index is 1.93. The summed E-state index contributed by atoms with van der Waals surface area (Å²) in [5.41, 5.74) is 0. The van der Waals surface area contributed by atoms with Gasteiger partial charge in [-0.05, 0) is 19.9 Å². The summed E-state index contributed by atoms with van der Waals surface area (Å²) in [4.78, 5) is 4.75. The van der Waals surface area contributed by atoms with Crippen molar-refractivity contribution in [2.24, 2.45) is 0 Å². The van der Waals surface area contributed by atoms with E-state index in [2.05, 4.69) is 20.0 Å². The van der Waals surface area contributed by atoms with Gasteiger partial charge in [-0.25, -0.2) is 0 Å². The van der Waals surface area contributed by atoms with Crippen LogP contribution in [0.1, 0.15) is 11.4 Å². The van der Waals surface area contributed by atoms with Gasteiger partial charge in [-0.3, -0.25) is 0 Å². The minimum atomic E-state index is 0.720. The molecular weight excluding hydrogens is 244 g/mol. The number of rotatable bonds is 3. The van der Waals surface area contributed by atoms with Crippen molar-refractivity contribution in [2.45, 2.75) is 13.3 Å². The molecule has 0 aliphatic carbocycles. The number of hydrogen-bond acceptors (Lipinski definition) is 5. The van der Waals surface area contributed by atoms with Gasteiger partial charge in [-0.1, -0.05) is 11.3 Å². The molecule has 2 heterocycles. The van der Waals surface area contributed by atoms with Gasteiger partial charge in [0.15, 0.2) is 0 Å². The van der Waals surface area contributed by atoms with E-state index in [0.29, 0.717) is 0 Å². The lowest BCUT2D eigenvalue weighted by atomic mass is 10.4. The minimum Gasteiger partial charge on any atom is -0.345 e. The average Bonchev–Trinajstić information content (AvgIpc) is 2.57. The zero-order valence-corrected chi connectivity index (χ0v) is 11.1. The number of aryl methyl sites for hydroxylation is 1. The highest BCUT2D eigenvalue weighted by atomic mass is 35.5. The number of anilines is 1. The molecule has 1 fully saturated rings. The van der Waals surface area contributed by atoms with E-state index in [0.717, 1.165) is 48.7 Å². The first-order valence-electron chi connectivity index (χ1n) is 5.63. The second-order valence-corrected chi connectivity index (χ2v) is 5.51. The highest BCUT2D eigenvalue weighted by Crippen LogP contribution is 2.20. The molecule has 0 radical (unpaired) electrons. The molecule has 1 saturated heterocycles. The van der Waals surface area contributed by atoms with Crippen molar-refractivity contribution >= 4 is 28.1 Å². The summed E-state index contributed by atoms with van der Waals surface area (Å²) in [7, 11) is 0. The predicted octanol–water partition coefficient (Wildman–Crippen LogP) is 1.60. The van der Waals surface area contributed by atoms with Crippen LogP contribution < -0.4 is 4.90 Å². The summed E-state index contributed by atoms with van der Waals surface area (Å²) in [5.74, 6) is 0.720. The van der Waals surface area contributed by atoms with E-state index in [4.69, 9.17) is 11.6 Å². The highest BCUT2D eigenvalue weighted by molar-refractivity contribution is 7.15. The quantitative estimate of drug-likeness (QED) is 0.773. The maximum atomic E-state index is 5.77. The lowest BCUT2D eigenvalue weighted by Crippen LogP contribution is -2.31. The van der Waals surface area contributed by atoms with Crippen LogP contribution in [-0.4, -0.2) is 53.7 Å². The Morgan fingerprint density at radius 1 is 1.25 bits per heavy atom. The lowest BCUT2D eigenvalue weighted by Gasteiger charge is -2.20. The molecule has 0 amide bonds. The molecule has 0 N–H and O–H groups in total. The van der Waals surface area contributed by atoms with Crippen molar-refractivity contribution in [2.75, 3.05) is 43.5 Å². The van der Waals surface area contributed by atoms with Crippen molar-refractivity contribution in [1.29, 1.82) is 0 Å². The Hall–Kier alpha value is -0.390. The molecular formula is C10H17ClN4S. The van der Waals surface area contributed by atoms with Gasteiger partial charge < -0.3 is 9.80 Å². The fraction of sp³-hybridized carbons (Fsp3) is 0.800. The number of halogens is 1. The van der Waals surface area contributed by atoms with Crippen LogP contribution in [0.25, 0.3) is 0 Å². The van der Waals surface area contributed by atoms with Crippen LogP contribution in [0.4, 0.5) is 5.13 Å². The smallest absolute Gasteiger partial charge is 0.208 e. The monoisotopic (exact) mass is 260 g/mol. The number of hydrogen-bond donors (Lipinski definition) is 0. The SMILES string of the molecule is Cc1nnc(N2CCCN(CCCl)CC2)s1. The standard InChI is InChI=1S/C10H17ClN4S/c1-9-12-13-10(16-9)15-5-2-4-14(6-3-11)7-8-15/h2-8H2,1H3. The van der Waals surface area contributed by atoms with Crippen LogP contribution in [0.2, 0.25) is 0 Å². The molecule has 0 spiro atoms.